The molecule has 2 heterocycles. The van der Waals surface area contributed by atoms with Crippen LogP contribution in [0.15, 0.2) is 18.2 Å². The highest BCUT2D eigenvalue weighted by atomic mass is 32.1. The zero-order valence-electron chi connectivity index (χ0n) is 13.1. The predicted octanol–water partition coefficient (Wildman–Crippen LogP) is 2.91. The molecule has 0 spiro atoms. The van der Waals surface area contributed by atoms with Gasteiger partial charge in [0, 0.05) is 13.1 Å². The number of benzene rings is 1. The summed E-state index contributed by atoms with van der Waals surface area (Å²) in [6.07, 6.45) is 1.39. The first-order valence-electron chi connectivity index (χ1n) is 7.61. The van der Waals surface area contributed by atoms with Crippen molar-refractivity contribution in [3.05, 3.63) is 50.5 Å². The van der Waals surface area contributed by atoms with Crippen molar-refractivity contribution in [2.24, 2.45) is 0 Å². The van der Waals surface area contributed by atoms with Gasteiger partial charge in [0.25, 0.3) is 5.91 Å². The van der Waals surface area contributed by atoms with E-state index in [1.54, 1.807) is 17.0 Å². The fourth-order valence-electron chi connectivity index (χ4n) is 2.93. The summed E-state index contributed by atoms with van der Waals surface area (Å²) in [5, 5.41) is 10.2. The van der Waals surface area contributed by atoms with Crippen molar-refractivity contribution in [3.63, 3.8) is 0 Å². The van der Waals surface area contributed by atoms with E-state index in [2.05, 4.69) is 4.98 Å². The van der Waals surface area contributed by atoms with Gasteiger partial charge in [-0.25, -0.2) is 9.78 Å². The number of thiazole rings is 1. The Hall–Kier alpha value is -2.21. The quantitative estimate of drug-likeness (QED) is 0.939. The monoisotopic (exact) mass is 330 g/mol. The van der Waals surface area contributed by atoms with E-state index in [1.807, 2.05) is 19.9 Å². The first kappa shape index (κ1) is 15.7. The van der Waals surface area contributed by atoms with Gasteiger partial charge < -0.3 is 10.0 Å². The highest BCUT2D eigenvalue weighted by Gasteiger charge is 2.27. The van der Waals surface area contributed by atoms with Crippen molar-refractivity contribution in [1.82, 2.24) is 9.88 Å². The molecule has 1 aromatic heterocycles. The highest BCUT2D eigenvalue weighted by molar-refractivity contribution is 7.13. The molecule has 0 bridgehead atoms. The Morgan fingerprint density at radius 3 is 2.83 bits per heavy atom. The number of hydrogen-bond acceptors (Lipinski definition) is 4. The largest absolute Gasteiger partial charge is 0.478 e. The van der Waals surface area contributed by atoms with Gasteiger partial charge in [-0.1, -0.05) is 19.1 Å². The zero-order chi connectivity index (χ0) is 16.6. The first-order chi connectivity index (χ1) is 11.0. The number of carboxylic acid groups (broad SMARTS) is 1. The summed E-state index contributed by atoms with van der Waals surface area (Å²) < 4.78 is 0. The Morgan fingerprint density at radius 1 is 1.39 bits per heavy atom. The molecule has 120 valence electrons. The number of aromatic carboxylic acids is 1. The van der Waals surface area contributed by atoms with Gasteiger partial charge in [0.15, 0.2) is 0 Å². The van der Waals surface area contributed by atoms with Crippen molar-refractivity contribution >= 4 is 23.2 Å². The van der Waals surface area contributed by atoms with Crippen LogP contribution in [0.3, 0.4) is 0 Å². The Morgan fingerprint density at radius 2 is 2.17 bits per heavy atom. The van der Waals surface area contributed by atoms with Crippen LogP contribution in [0.4, 0.5) is 0 Å². The smallest absolute Gasteiger partial charge is 0.335 e. The van der Waals surface area contributed by atoms with Crippen LogP contribution in [-0.2, 0) is 19.4 Å². The molecule has 1 N–H and O–H groups in total. The number of fused-ring (bicyclic) bond motifs is 1. The van der Waals surface area contributed by atoms with E-state index in [4.69, 9.17) is 0 Å². The molecule has 1 aromatic carbocycles. The average molecular weight is 330 g/mol. The molecule has 6 heteroatoms. The molecular formula is C17H18N2O3S. The fourth-order valence-corrected chi connectivity index (χ4v) is 3.90. The van der Waals surface area contributed by atoms with Crippen LogP contribution in [0.25, 0.3) is 0 Å². The minimum atomic E-state index is -0.910. The molecule has 0 aliphatic carbocycles. The van der Waals surface area contributed by atoms with Gasteiger partial charge in [0.05, 0.1) is 16.3 Å². The molecule has 2 aromatic rings. The molecule has 0 unspecified atom stereocenters. The van der Waals surface area contributed by atoms with Crippen LogP contribution >= 0.6 is 11.3 Å². The van der Waals surface area contributed by atoms with Gasteiger partial charge >= 0.3 is 5.97 Å². The summed E-state index contributed by atoms with van der Waals surface area (Å²) in [4.78, 5) is 31.0. The van der Waals surface area contributed by atoms with E-state index >= 15 is 0 Å². The van der Waals surface area contributed by atoms with Gasteiger partial charge in [0.1, 0.15) is 4.88 Å². The Bertz CT molecular complexity index is 782. The SMILES string of the molecule is CCc1nc(C)c(C(=O)N2CCc3c(cccc3C(=O)O)C2)s1. The van der Waals surface area contributed by atoms with Gasteiger partial charge in [-0.05, 0) is 37.0 Å². The topological polar surface area (TPSA) is 70.5 Å². The lowest BCUT2D eigenvalue weighted by molar-refractivity contribution is 0.0694. The maximum atomic E-state index is 12.8. The number of carbonyl (C=O) groups excluding carboxylic acids is 1. The maximum Gasteiger partial charge on any atom is 0.335 e. The van der Waals surface area contributed by atoms with E-state index in [0.717, 1.165) is 28.2 Å². The third-order valence-corrected chi connectivity index (χ3v) is 5.41. The van der Waals surface area contributed by atoms with Crippen LogP contribution < -0.4 is 0 Å². The third kappa shape index (κ3) is 2.86. The lowest BCUT2D eigenvalue weighted by atomic mass is 9.94. The minimum absolute atomic E-state index is 0.00826. The normalized spacial score (nSPS) is 13.7. The summed E-state index contributed by atoms with van der Waals surface area (Å²) in [5.41, 5.74) is 2.89. The van der Waals surface area contributed by atoms with Crippen LogP contribution in [0.2, 0.25) is 0 Å². The van der Waals surface area contributed by atoms with Gasteiger partial charge in [0.2, 0.25) is 0 Å². The van der Waals surface area contributed by atoms with Gasteiger partial charge in [-0.2, -0.15) is 0 Å². The summed E-state index contributed by atoms with van der Waals surface area (Å²) in [5.74, 6) is -0.918. The molecule has 1 amide bonds. The standard InChI is InChI=1S/C17H18N2O3S/c1-3-14-18-10(2)15(23-14)16(20)19-8-7-12-11(9-19)5-4-6-13(12)17(21)22/h4-6H,3,7-9H2,1-2H3,(H,21,22). The number of rotatable bonds is 3. The molecule has 5 nitrogen and oxygen atoms in total. The summed E-state index contributed by atoms with van der Waals surface area (Å²) in [6, 6.07) is 5.27. The Labute approximate surface area is 138 Å². The molecule has 1 aliphatic heterocycles. The fraction of sp³-hybridized carbons (Fsp3) is 0.353. The van der Waals surface area contributed by atoms with Crippen LogP contribution in [0, 0.1) is 6.92 Å². The number of amides is 1. The number of carbonyl (C=O) groups is 2. The first-order valence-corrected chi connectivity index (χ1v) is 8.42. The number of aryl methyl sites for hydroxylation is 2. The molecule has 3 rings (SSSR count). The van der Waals surface area contributed by atoms with E-state index in [-0.39, 0.29) is 5.91 Å². The van der Waals surface area contributed by atoms with Crippen molar-refractivity contribution in [1.29, 1.82) is 0 Å². The zero-order valence-corrected chi connectivity index (χ0v) is 13.9. The molecule has 0 atom stereocenters. The molecule has 0 saturated carbocycles. The molecule has 0 fully saturated rings. The van der Waals surface area contributed by atoms with Crippen molar-refractivity contribution in [3.8, 4) is 0 Å². The number of hydrogen-bond donors (Lipinski definition) is 1. The second-order valence-corrected chi connectivity index (χ2v) is 6.68. The highest BCUT2D eigenvalue weighted by Crippen LogP contribution is 2.26. The van der Waals surface area contributed by atoms with E-state index < -0.39 is 5.97 Å². The maximum absolute atomic E-state index is 12.8. The molecule has 0 radical (unpaired) electrons. The van der Waals surface area contributed by atoms with E-state index in [9.17, 15) is 14.7 Å². The van der Waals surface area contributed by atoms with Crippen molar-refractivity contribution in [2.75, 3.05) is 6.54 Å². The molecule has 23 heavy (non-hydrogen) atoms. The lowest BCUT2D eigenvalue weighted by Crippen LogP contribution is -2.36. The van der Waals surface area contributed by atoms with Crippen molar-refractivity contribution < 1.29 is 14.7 Å². The van der Waals surface area contributed by atoms with Crippen LogP contribution in [0.1, 0.15) is 48.8 Å². The third-order valence-electron chi connectivity index (χ3n) is 4.12. The van der Waals surface area contributed by atoms with Gasteiger partial charge in [-0.15, -0.1) is 11.3 Å². The molecule has 1 aliphatic rings. The van der Waals surface area contributed by atoms with Crippen LogP contribution in [-0.4, -0.2) is 33.4 Å². The Kier molecular flexibility index (Phi) is 4.17. The van der Waals surface area contributed by atoms with E-state index in [0.29, 0.717) is 30.0 Å². The van der Waals surface area contributed by atoms with Crippen LogP contribution in [0.5, 0.6) is 0 Å². The summed E-state index contributed by atoms with van der Waals surface area (Å²) in [7, 11) is 0. The lowest BCUT2D eigenvalue weighted by Gasteiger charge is -2.29. The van der Waals surface area contributed by atoms with E-state index in [1.165, 1.54) is 11.3 Å². The Balaban J connectivity index is 1.87. The average Bonchev–Trinajstić information content (AvgIpc) is 2.94. The second kappa shape index (κ2) is 6.12. The van der Waals surface area contributed by atoms with Gasteiger partial charge in [-0.3, -0.25) is 4.79 Å². The molecular weight excluding hydrogens is 312 g/mol. The second-order valence-electron chi connectivity index (χ2n) is 5.60. The summed E-state index contributed by atoms with van der Waals surface area (Å²) >= 11 is 1.45. The van der Waals surface area contributed by atoms with Crippen molar-refractivity contribution in [2.45, 2.75) is 33.2 Å². The number of carboxylic acids is 1. The summed E-state index contributed by atoms with van der Waals surface area (Å²) in [6.45, 7) is 4.88. The number of aromatic nitrogens is 1. The minimum Gasteiger partial charge on any atom is -0.478 e. The molecule has 0 saturated heterocycles. The predicted molar refractivity (Wildman–Crippen MR) is 88.1 cm³/mol. The number of nitrogens with zero attached hydrogens (tertiary/aromatic N) is 2.